The Hall–Kier alpha value is -2.04. The topological polar surface area (TPSA) is 80.6 Å². The molecule has 0 bridgehead atoms. The van der Waals surface area contributed by atoms with Gasteiger partial charge in [0.1, 0.15) is 11.6 Å². The second-order valence-corrected chi connectivity index (χ2v) is 3.45. The van der Waals surface area contributed by atoms with Gasteiger partial charge < -0.3 is 10.2 Å². The summed E-state index contributed by atoms with van der Waals surface area (Å²) in [6.45, 7) is 3.81. The van der Waals surface area contributed by atoms with E-state index < -0.39 is 6.03 Å². The Morgan fingerprint density at radius 1 is 1.62 bits per heavy atom. The van der Waals surface area contributed by atoms with E-state index in [1.807, 2.05) is 13.8 Å². The van der Waals surface area contributed by atoms with Crippen LogP contribution in [0, 0.1) is 0 Å². The summed E-state index contributed by atoms with van der Waals surface area (Å²) in [5.74, 6) is 1.10. The van der Waals surface area contributed by atoms with Gasteiger partial charge in [0.15, 0.2) is 0 Å². The Morgan fingerprint density at radius 3 is 2.88 bits per heavy atom. The van der Waals surface area contributed by atoms with E-state index in [0.29, 0.717) is 11.6 Å². The van der Waals surface area contributed by atoms with Crippen LogP contribution in [0.25, 0.3) is 6.08 Å². The third-order valence-corrected chi connectivity index (χ3v) is 1.60. The van der Waals surface area contributed by atoms with E-state index in [4.69, 9.17) is 10.2 Å². The first kappa shape index (κ1) is 12.0. The lowest BCUT2D eigenvalue weighted by Crippen LogP contribution is -2.34. The average molecular weight is 221 g/mol. The Morgan fingerprint density at radius 2 is 2.38 bits per heavy atom. The minimum Gasteiger partial charge on any atom is -0.465 e. The molecule has 0 saturated carbocycles. The molecule has 1 aromatic heterocycles. The molecule has 0 fully saturated rings. The lowest BCUT2D eigenvalue weighted by atomic mass is 10.3. The lowest BCUT2D eigenvalue weighted by molar-refractivity contribution is 0.253. The van der Waals surface area contributed by atoms with Gasteiger partial charge in [-0.1, -0.05) is 0 Å². The Kier molecular flexibility index (Phi) is 4.32. The minimum atomic E-state index is -0.636. The summed E-state index contributed by atoms with van der Waals surface area (Å²) in [5.41, 5.74) is 5.03. The van der Waals surface area contributed by atoms with E-state index in [2.05, 4.69) is 10.3 Å². The summed E-state index contributed by atoms with van der Waals surface area (Å²) in [5, 5.41) is 2.43. The number of amidine groups is 1. The van der Waals surface area contributed by atoms with Crippen molar-refractivity contribution in [2.75, 3.05) is 0 Å². The smallest absolute Gasteiger partial charge is 0.317 e. The zero-order valence-corrected chi connectivity index (χ0v) is 9.31. The van der Waals surface area contributed by atoms with Crippen LogP contribution in [0.4, 0.5) is 4.79 Å². The van der Waals surface area contributed by atoms with Gasteiger partial charge in [-0.2, -0.15) is 0 Å². The molecule has 5 nitrogen and oxygen atoms in total. The van der Waals surface area contributed by atoms with E-state index in [1.54, 1.807) is 30.5 Å². The fourth-order valence-electron chi connectivity index (χ4n) is 1.07. The molecule has 0 unspecified atom stereocenters. The van der Waals surface area contributed by atoms with E-state index in [-0.39, 0.29) is 6.04 Å². The van der Waals surface area contributed by atoms with Crippen LogP contribution in [0.2, 0.25) is 0 Å². The summed E-state index contributed by atoms with van der Waals surface area (Å²) in [6, 6.07) is 3.01. The highest BCUT2D eigenvalue weighted by atomic mass is 16.3. The predicted molar refractivity (Wildman–Crippen MR) is 63.0 cm³/mol. The number of rotatable bonds is 3. The normalized spacial score (nSPS) is 12.3. The molecule has 3 N–H and O–H groups in total. The SMILES string of the molecule is CC(C)N=C(/C=C/c1ccco1)NC(N)=O. The van der Waals surface area contributed by atoms with Crippen molar-refractivity contribution < 1.29 is 9.21 Å². The summed E-state index contributed by atoms with van der Waals surface area (Å²) in [7, 11) is 0. The highest BCUT2D eigenvalue weighted by Gasteiger charge is 1.99. The Labute approximate surface area is 94.0 Å². The predicted octanol–water partition coefficient (Wildman–Crippen LogP) is 1.77. The van der Waals surface area contributed by atoms with Crippen LogP contribution < -0.4 is 11.1 Å². The molecule has 0 aliphatic rings. The van der Waals surface area contributed by atoms with E-state index in [9.17, 15) is 4.79 Å². The largest absolute Gasteiger partial charge is 0.465 e. The summed E-state index contributed by atoms with van der Waals surface area (Å²) in [6.07, 6.45) is 4.92. The number of amides is 2. The number of aliphatic imine (C=N–C) groups is 1. The summed E-state index contributed by atoms with van der Waals surface area (Å²) < 4.78 is 5.11. The second kappa shape index (κ2) is 5.75. The Balaban J connectivity index is 2.74. The molecule has 1 aromatic rings. The number of carbonyl (C=O) groups excluding carboxylic acids is 1. The van der Waals surface area contributed by atoms with Crippen LogP contribution in [0.1, 0.15) is 19.6 Å². The number of urea groups is 1. The molecule has 2 amide bonds. The zero-order valence-electron chi connectivity index (χ0n) is 9.31. The van der Waals surface area contributed by atoms with Crippen molar-refractivity contribution in [2.45, 2.75) is 19.9 Å². The first-order valence-electron chi connectivity index (χ1n) is 4.94. The number of primary amides is 1. The van der Waals surface area contributed by atoms with Crippen molar-refractivity contribution in [1.82, 2.24) is 5.32 Å². The number of hydrogen-bond donors (Lipinski definition) is 2. The van der Waals surface area contributed by atoms with E-state index in [1.165, 1.54) is 0 Å². The quantitative estimate of drug-likeness (QED) is 0.602. The molecule has 1 heterocycles. The van der Waals surface area contributed by atoms with Gasteiger partial charge in [0.05, 0.1) is 6.26 Å². The fourth-order valence-corrected chi connectivity index (χ4v) is 1.07. The number of hydrogen-bond acceptors (Lipinski definition) is 3. The maximum absolute atomic E-state index is 10.7. The maximum Gasteiger partial charge on any atom is 0.317 e. The van der Waals surface area contributed by atoms with Gasteiger partial charge >= 0.3 is 6.03 Å². The minimum absolute atomic E-state index is 0.0723. The molecular weight excluding hydrogens is 206 g/mol. The van der Waals surface area contributed by atoms with Gasteiger partial charge in [0, 0.05) is 6.04 Å². The van der Waals surface area contributed by atoms with Crippen molar-refractivity contribution in [3.63, 3.8) is 0 Å². The third kappa shape index (κ3) is 4.45. The van der Waals surface area contributed by atoms with Crippen LogP contribution >= 0.6 is 0 Å². The molecule has 16 heavy (non-hydrogen) atoms. The van der Waals surface area contributed by atoms with Gasteiger partial charge in [-0.15, -0.1) is 0 Å². The highest BCUT2D eigenvalue weighted by Crippen LogP contribution is 2.02. The van der Waals surface area contributed by atoms with E-state index in [0.717, 1.165) is 0 Å². The molecule has 86 valence electrons. The summed E-state index contributed by atoms with van der Waals surface area (Å²) in [4.78, 5) is 14.9. The number of nitrogens with one attached hydrogen (secondary N) is 1. The molecule has 0 spiro atoms. The van der Waals surface area contributed by atoms with Crippen molar-refractivity contribution in [2.24, 2.45) is 10.7 Å². The molecule has 0 aliphatic carbocycles. The Bertz CT molecular complexity index is 391. The van der Waals surface area contributed by atoms with Crippen molar-refractivity contribution in [1.29, 1.82) is 0 Å². The van der Waals surface area contributed by atoms with Gasteiger partial charge in [-0.3, -0.25) is 10.3 Å². The number of nitrogens with zero attached hydrogens (tertiary/aromatic N) is 1. The average Bonchev–Trinajstić information content (AvgIpc) is 2.64. The molecule has 5 heteroatoms. The van der Waals surface area contributed by atoms with Gasteiger partial charge in [0.2, 0.25) is 0 Å². The van der Waals surface area contributed by atoms with Crippen molar-refractivity contribution in [3.8, 4) is 0 Å². The van der Waals surface area contributed by atoms with Crippen LogP contribution in [0.3, 0.4) is 0 Å². The first-order valence-corrected chi connectivity index (χ1v) is 4.94. The fraction of sp³-hybridized carbons (Fsp3) is 0.273. The number of carbonyl (C=O) groups is 1. The highest BCUT2D eigenvalue weighted by molar-refractivity contribution is 6.05. The maximum atomic E-state index is 10.7. The molecule has 0 saturated heterocycles. The van der Waals surface area contributed by atoms with E-state index >= 15 is 0 Å². The molecule has 0 atom stereocenters. The monoisotopic (exact) mass is 221 g/mol. The summed E-state index contributed by atoms with van der Waals surface area (Å²) >= 11 is 0. The van der Waals surface area contributed by atoms with Gasteiger partial charge in [-0.25, -0.2) is 4.79 Å². The van der Waals surface area contributed by atoms with Crippen LogP contribution in [-0.2, 0) is 0 Å². The molecule has 0 aliphatic heterocycles. The number of nitrogens with two attached hydrogens (primary N) is 1. The van der Waals surface area contributed by atoms with Crippen LogP contribution in [-0.4, -0.2) is 17.9 Å². The first-order chi connectivity index (χ1) is 7.58. The standard InChI is InChI=1S/C11H15N3O2/c1-8(2)13-10(14-11(12)15)6-5-9-4-3-7-16-9/h3-8H,1-2H3,(H3,12,13,14,15)/b6-5+. The molecular formula is C11H15N3O2. The van der Waals surface area contributed by atoms with Crippen molar-refractivity contribution in [3.05, 3.63) is 30.2 Å². The van der Waals surface area contributed by atoms with Gasteiger partial charge in [-0.05, 0) is 38.1 Å². The second-order valence-electron chi connectivity index (χ2n) is 3.45. The lowest BCUT2D eigenvalue weighted by Gasteiger charge is -2.03. The van der Waals surface area contributed by atoms with Crippen LogP contribution in [0.15, 0.2) is 33.9 Å². The molecule has 1 rings (SSSR count). The number of furan rings is 1. The molecule has 0 radical (unpaired) electrons. The zero-order chi connectivity index (χ0) is 12.0. The molecule has 0 aromatic carbocycles. The third-order valence-electron chi connectivity index (χ3n) is 1.60. The van der Waals surface area contributed by atoms with Crippen molar-refractivity contribution >= 4 is 17.9 Å². The van der Waals surface area contributed by atoms with Gasteiger partial charge in [0.25, 0.3) is 0 Å². The van der Waals surface area contributed by atoms with Crippen LogP contribution in [0.5, 0.6) is 0 Å².